The van der Waals surface area contributed by atoms with Gasteiger partial charge in [-0.25, -0.2) is 0 Å². The van der Waals surface area contributed by atoms with Gasteiger partial charge >= 0.3 is 0 Å². The van der Waals surface area contributed by atoms with Crippen molar-refractivity contribution >= 4 is 17.6 Å². The zero-order valence-corrected chi connectivity index (χ0v) is 19.0. The Bertz CT molecular complexity index is 874. The van der Waals surface area contributed by atoms with Crippen molar-refractivity contribution in [1.29, 1.82) is 0 Å². The second kappa shape index (κ2) is 10.4. The van der Waals surface area contributed by atoms with Crippen molar-refractivity contribution in [3.63, 3.8) is 0 Å². The molecule has 0 radical (unpaired) electrons. The first-order chi connectivity index (χ1) is 14.9. The van der Waals surface area contributed by atoms with E-state index in [0.29, 0.717) is 32.6 Å². The van der Waals surface area contributed by atoms with E-state index in [-0.39, 0.29) is 24.4 Å². The molecule has 3 rings (SSSR count). The van der Waals surface area contributed by atoms with Crippen LogP contribution >= 0.6 is 0 Å². The van der Waals surface area contributed by atoms with Crippen LogP contribution in [0.25, 0.3) is 11.3 Å². The number of benzene rings is 1. The first-order valence-electron chi connectivity index (χ1n) is 11.2. The van der Waals surface area contributed by atoms with Gasteiger partial charge in [0, 0.05) is 44.2 Å². The fourth-order valence-electron chi connectivity index (χ4n) is 3.72. The van der Waals surface area contributed by atoms with Gasteiger partial charge in [-0.15, -0.1) is 10.2 Å². The second-order valence-electron chi connectivity index (χ2n) is 8.14. The van der Waals surface area contributed by atoms with Gasteiger partial charge in [0.2, 0.25) is 11.8 Å². The SMILES string of the molecule is CCC(=O)N(CC(=O)N1CCN(c2ccc(-c3ccc(C)cc3)nn2)CC1)C(C)CC. The van der Waals surface area contributed by atoms with Gasteiger partial charge in [-0.3, -0.25) is 9.59 Å². The molecule has 2 heterocycles. The molecular formula is C24H33N5O2. The maximum Gasteiger partial charge on any atom is 0.242 e. The number of carbonyl (C=O) groups excluding carboxylic acids is 2. The van der Waals surface area contributed by atoms with Crippen molar-refractivity contribution in [3.8, 4) is 11.3 Å². The van der Waals surface area contributed by atoms with E-state index in [1.165, 1.54) is 5.56 Å². The topological polar surface area (TPSA) is 69.6 Å². The molecule has 0 bridgehead atoms. The number of carbonyl (C=O) groups is 2. The van der Waals surface area contributed by atoms with Crippen molar-refractivity contribution < 1.29 is 9.59 Å². The van der Waals surface area contributed by atoms with E-state index in [0.717, 1.165) is 23.5 Å². The molecule has 7 nitrogen and oxygen atoms in total. The fraction of sp³-hybridized carbons (Fsp3) is 0.500. The highest BCUT2D eigenvalue weighted by molar-refractivity contribution is 5.85. The molecule has 0 N–H and O–H groups in total. The molecule has 2 aromatic rings. The molecule has 0 saturated carbocycles. The zero-order chi connectivity index (χ0) is 22.4. The number of hydrogen-bond donors (Lipinski definition) is 0. The maximum absolute atomic E-state index is 12.8. The molecular weight excluding hydrogens is 390 g/mol. The van der Waals surface area contributed by atoms with Gasteiger partial charge in [0.1, 0.15) is 0 Å². The van der Waals surface area contributed by atoms with E-state index in [1.54, 1.807) is 4.90 Å². The molecule has 1 atom stereocenters. The van der Waals surface area contributed by atoms with Crippen molar-refractivity contribution in [2.45, 2.75) is 46.6 Å². The van der Waals surface area contributed by atoms with E-state index < -0.39 is 0 Å². The first kappa shape index (κ1) is 22.7. The molecule has 1 saturated heterocycles. The Morgan fingerprint density at radius 3 is 2.23 bits per heavy atom. The average Bonchev–Trinajstić information content (AvgIpc) is 2.82. The number of rotatable bonds is 7. The lowest BCUT2D eigenvalue weighted by molar-refractivity contribution is -0.142. The molecule has 1 aliphatic rings. The third kappa shape index (κ3) is 5.60. The van der Waals surface area contributed by atoms with Crippen LogP contribution in [0.3, 0.4) is 0 Å². The van der Waals surface area contributed by atoms with Crippen LogP contribution in [0.4, 0.5) is 5.82 Å². The van der Waals surface area contributed by atoms with Crippen LogP contribution in [0.1, 0.15) is 39.2 Å². The number of piperazine rings is 1. The van der Waals surface area contributed by atoms with Crippen LogP contribution < -0.4 is 4.90 Å². The smallest absolute Gasteiger partial charge is 0.242 e. The third-order valence-corrected chi connectivity index (χ3v) is 6.01. The van der Waals surface area contributed by atoms with Gasteiger partial charge < -0.3 is 14.7 Å². The largest absolute Gasteiger partial charge is 0.352 e. The number of hydrogen-bond acceptors (Lipinski definition) is 5. The maximum atomic E-state index is 12.8. The highest BCUT2D eigenvalue weighted by atomic mass is 16.2. The molecule has 1 aromatic carbocycles. The minimum atomic E-state index is 0.0163. The number of aryl methyl sites for hydroxylation is 1. The van der Waals surface area contributed by atoms with Gasteiger partial charge in [0.15, 0.2) is 5.82 Å². The monoisotopic (exact) mass is 423 g/mol. The second-order valence-corrected chi connectivity index (χ2v) is 8.14. The summed E-state index contributed by atoms with van der Waals surface area (Å²) >= 11 is 0. The highest BCUT2D eigenvalue weighted by Crippen LogP contribution is 2.20. The van der Waals surface area contributed by atoms with Crippen LogP contribution in [-0.4, -0.2) is 70.6 Å². The summed E-state index contributed by atoms with van der Waals surface area (Å²) in [5, 5.41) is 8.80. The molecule has 2 amide bonds. The molecule has 1 aromatic heterocycles. The number of anilines is 1. The minimum Gasteiger partial charge on any atom is -0.352 e. The summed E-state index contributed by atoms with van der Waals surface area (Å²) in [7, 11) is 0. The van der Waals surface area contributed by atoms with Crippen molar-refractivity contribution in [2.24, 2.45) is 0 Å². The van der Waals surface area contributed by atoms with E-state index in [2.05, 4.69) is 46.3 Å². The van der Waals surface area contributed by atoms with Crippen molar-refractivity contribution in [2.75, 3.05) is 37.6 Å². The summed E-state index contributed by atoms with van der Waals surface area (Å²) < 4.78 is 0. The van der Waals surface area contributed by atoms with E-state index in [9.17, 15) is 9.59 Å². The number of nitrogens with zero attached hydrogens (tertiary/aromatic N) is 5. The first-order valence-corrected chi connectivity index (χ1v) is 11.2. The van der Waals surface area contributed by atoms with Gasteiger partial charge in [-0.2, -0.15) is 0 Å². The van der Waals surface area contributed by atoms with Gasteiger partial charge in [0.05, 0.1) is 12.2 Å². The Balaban J connectivity index is 1.57. The standard InChI is InChI=1S/C24H33N5O2/c1-5-19(4)29(23(30)6-2)17-24(31)28-15-13-27(14-16-28)22-12-11-21(25-26-22)20-9-7-18(3)8-10-20/h7-12,19H,5-6,13-17H2,1-4H3. The summed E-state index contributed by atoms with van der Waals surface area (Å²) in [5.74, 6) is 0.873. The average molecular weight is 424 g/mol. The van der Waals surface area contributed by atoms with Gasteiger partial charge in [-0.05, 0) is 32.4 Å². The van der Waals surface area contributed by atoms with Gasteiger partial charge in [-0.1, -0.05) is 43.7 Å². The van der Waals surface area contributed by atoms with E-state index in [4.69, 9.17) is 0 Å². The Morgan fingerprint density at radius 1 is 1.00 bits per heavy atom. The van der Waals surface area contributed by atoms with Gasteiger partial charge in [0.25, 0.3) is 0 Å². The van der Waals surface area contributed by atoms with E-state index >= 15 is 0 Å². The lowest BCUT2D eigenvalue weighted by atomic mass is 10.1. The molecule has 7 heteroatoms. The molecule has 166 valence electrons. The lowest BCUT2D eigenvalue weighted by Crippen LogP contribution is -2.53. The molecule has 31 heavy (non-hydrogen) atoms. The lowest BCUT2D eigenvalue weighted by Gasteiger charge is -2.37. The van der Waals surface area contributed by atoms with Crippen LogP contribution in [0.5, 0.6) is 0 Å². The normalized spacial score (nSPS) is 15.0. The summed E-state index contributed by atoms with van der Waals surface area (Å²) in [5.41, 5.74) is 3.11. The van der Waals surface area contributed by atoms with Crippen LogP contribution in [0, 0.1) is 6.92 Å². The summed E-state index contributed by atoms with van der Waals surface area (Å²) in [6, 6.07) is 12.3. The minimum absolute atomic E-state index is 0.0163. The van der Waals surface area contributed by atoms with Crippen molar-refractivity contribution in [3.05, 3.63) is 42.0 Å². The zero-order valence-electron chi connectivity index (χ0n) is 19.0. The molecule has 1 unspecified atom stereocenters. The predicted octanol–water partition coefficient (Wildman–Crippen LogP) is 3.14. The Kier molecular flexibility index (Phi) is 7.60. The third-order valence-electron chi connectivity index (χ3n) is 6.01. The fourth-order valence-corrected chi connectivity index (χ4v) is 3.72. The molecule has 1 aliphatic heterocycles. The number of amides is 2. The number of aromatic nitrogens is 2. The molecule has 0 aliphatic carbocycles. The van der Waals surface area contributed by atoms with Crippen LogP contribution in [-0.2, 0) is 9.59 Å². The van der Waals surface area contributed by atoms with Crippen LogP contribution in [0.2, 0.25) is 0 Å². The van der Waals surface area contributed by atoms with Crippen molar-refractivity contribution in [1.82, 2.24) is 20.0 Å². The Labute approximate surface area is 185 Å². The Morgan fingerprint density at radius 2 is 1.68 bits per heavy atom. The molecule has 1 fully saturated rings. The summed E-state index contributed by atoms with van der Waals surface area (Å²) in [4.78, 5) is 30.8. The summed E-state index contributed by atoms with van der Waals surface area (Å²) in [6.07, 6.45) is 1.26. The highest BCUT2D eigenvalue weighted by Gasteiger charge is 2.26. The Hall–Kier alpha value is -2.96. The predicted molar refractivity (Wildman–Crippen MR) is 123 cm³/mol. The quantitative estimate of drug-likeness (QED) is 0.684. The van der Waals surface area contributed by atoms with E-state index in [1.807, 2.05) is 37.8 Å². The molecule has 0 spiro atoms. The van der Waals surface area contributed by atoms with Crippen LogP contribution in [0.15, 0.2) is 36.4 Å². The summed E-state index contributed by atoms with van der Waals surface area (Å²) in [6.45, 7) is 10.7.